The van der Waals surface area contributed by atoms with Crippen LogP contribution in [-0.2, 0) is 4.79 Å². The van der Waals surface area contributed by atoms with Crippen LogP contribution in [-0.4, -0.2) is 17.6 Å². The number of nitrogens with zero attached hydrogens (tertiary/aromatic N) is 1. The van der Waals surface area contributed by atoms with E-state index in [0.717, 1.165) is 5.56 Å². The maximum absolute atomic E-state index is 13.2. The van der Waals surface area contributed by atoms with E-state index in [-0.39, 0.29) is 10.9 Å². The monoisotopic (exact) mass is 374 g/mol. The number of urea groups is 1. The Morgan fingerprint density at radius 3 is 2.46 bits per heavy atom. The fraction of sp³-hybridized carbons (Fsp3) is 0.167. The van der Waals surface area contributed by atoms with Gasteiger partial charge in [0.15, 0.2) is 0 Å². The summed E-state index contributed by atoms with van der Waals surface area (Å²) in [4.78, 5) is 24.0. The normalized spacial score (nSPS) is 15.2. The van der Waals surface area contributed by atoms with Gasteiger partial charge in [-0.1, -0.05) is 23.7 Å². The van der Waals surface area contributed by atoms with Crippen LogP contribution in [0.15, 0.2) is 47.6 Å². The first-order valence-corrected chi connectivity index (χ1v) is 8.17. The number of rotatable bonds is 3. The van der Waals surface area contributed by atoms with Crippen LogP contribution >= 0.6 is 11.6 Å². The van der Waals surface area contributed by atoms with Crippen molar-refractivity contribution in [2.24, 2.45) is 10.5 Å². The Kier molecular flexibility index (Phi) is 4.65. The van der Waals surface area contributed by atoms with Gasteiger partial charge in [0.1, 0.15) is 5.82 Å². The molecule has 1 heterocycles. The van der Waals surface area contributed by atoms with Crippen molar-refractivity contribution in [2.45, 2.75) is 13.8 Å². The molecule has 0 radical (unpaired) electrons. The molecule has 0 atom stereocenters. The van der Waals surface area contributed by atoms with E-state index in [1.807, 2.05) is 6.07 Å². The van der Waals surface area contributed by atoms with Gasteiger partial charge in [-0.3, -0.25) is 4.79 Å². The number of carbonyl (C=O) groups is 2. The largest absolute Gasteiger partial charge is 0.323 e. The topological polar surface area (TPSA) is 82.6 Å². The van der Waals surface area contributed by atoms with E-state index in [1.54, 1.807) is 32.0 Å². The summed E-state index contributed by atoms with van der Waals surface area (Å²) < 4.78 is 13.2. The number of nitrogens with one attached hydrogen (secondary N) is 3. The molecule has 0 aliphatic carbocycles. The van der Waals surface area contributed by atoms with Crippen LogP contribution in [0.4, 0.5) is 20.6 Å². The summed E-state index contributed by atoms with van der Waals surface area (Å²) in [6, 6.07) is 10.4. The molecule has 0 aromatic heterocycles. The summed E-state index contributed by atoms with van der Waals surface area (Å²) in [5.74, 6) is -0.745. The van der Waals surface area contributed by atoms with Crippen molar-refractivity contribution in [1.29, 1.82) is 0 Å². The van der Waals surface area contributed by atoms with Crippen LogP contribution in [0, 0.1) is 11.2 Å². The van der Waals surface area contributed by atoms with Crippen LogP contribution < -0.4 is 16.1 Å². The highest BCUT2D eigenvalue weighted by Crippen LogP contribution is 2.28. The molecule has 0 spiro atoms. The molecule has 3 rings (SSSR count). The van der Waals surface area contributed by atoms with Crippen molar-refractivity contribution in [1.82, 2.24) is 5.43 Å². The second-order valence-corrected chi connectivity index (χ2v) is 6.72. The fourth-order valence-corrected chi connectivity index (χ4v) is 2.71. The molecule has 8 heteroatoms. The molecule has 134 valence electrons. The Hall–Kier alpha value is -2.93. The molecule has 6 nitrogen and oxygen atoms in total. The van der Waals surface area contributed by atoms with Crippen molar-refractivity contribution >= 4 is 40.6 Å². The van der Waals surface area contributed by atoms with Crippen LogP contribution in [0.1, 0.15) is 19.4 Å². The van der Waals surface area contributed by atoms with E-state index < -0.39 is 17.3 Å². The van der Waals surface area contributed by atoms with Crippen molar-refractivity contribution in [2.75, 3.05) is 10.6 Å². The Morgan fingerprint density at radius 2 is 1.85 bits per heavy atom. The average Bonchev–Trinajstić information content (AvgIpc) is 2.84. The van der Waals surface area contributed by atoms with Crippen molar-refractivity contribution in [3.05, 3.63) is 58.9 Å². The van der Waals surface area contributed by atoms with E-state index in [2.05, 4.69) is 21.2 Å². The van der Waals surface area contributed by atoms with Gasteiger partial charge < -0.3 is 10.6 Å². The van der Waals surface area contributed by atoms with Gasteiger partial charge in [0.05, 0.1) is 16.1 Å². The SMILES string of the molecule is CC1(C)C(=O)NN=C1c1cccc(NC(=O)Nc2ccc(F)c(Cl)c2)c1. The Balaban J connectivity index is 1.74. The third-order valence-corrected chi connectivity index (χ3v) is 4.29. The zero-order valence-corrected chi connectivity index (χ0v) is 14.8. The summed E-state index contributed by atoms with van der Waals surface area (Å²) in [5.41, 5.74) is 3.90. The molecule has 2 aromatic carbocycles. The van der Waals surface area contributed by atoms with Crippen LogP contribution in [0.2, 0.25) is 5.02 Å². The van der Waals surface area contributed by atoms with Gasteiger partial charge in [-0.15, -0.1) is 0 Å². The Labute approximate surface area is 154 Å². The molecule has 2 aromatic rings. The lowest BCUT2D eigenvalue weighted by molar-refractivity contribution is -0.125. The number of amides is 3. The highest BCUT2D eigenvalue weighted by Gasteiger charge is 2.39. The van der Waals surface area contributed by atoms with Crippen LogP contribution in [0.3, 0.4) is 0 Å². The lowest BCUT2D eigenvalue weighted by Gasteiger charge is -2.17. The molecule has 0 bridgehead atoms. The third kappa shape index (κ3) is 3.52. The first-order chi connectivity index (χ1) is 12.3. The highest BCUT2D eigenvalue weighted by atomic mass is 35.5. The number of anilines is 2. The van der Waals surface area contributed by atoms with Crippen LogP contribution in [0.5, 0.6) is 0 Å². The first kappa shape index (κ1) is 17.9. The minimum Gasteiger partial charge on any atom is -0.308 e. The lowest BCUT2D eigenvalue weighted by atomic mass is 9.84. The maximum Gasteiger partial charge on any atom is 0.323 e. The Bertz CT molecular complexity index is 927. The number of hydrogen-bond donors (Lipinski definition) is 3. The van der Waals surface area contributed by atoms with E-state index in [4.69, 9.17) is 11.6 Å². The van der Waals surface area contributed by atoms with Crippen LogP contribution in [0.25, 0.3) is 0 Å². The molecule has 0 saturated heterocycles. The summed E-state index contributed by atoms with van der Waals surface area (Å²) in [7, 11) is 0. The average molecular weight is 375 g/mol. The van der Waals surface area contributed by atoms with E-state index in [9.17, 15) is 14.0 Å². The van der Waals surface area contributed by atoms with E-state index >= 15 is 0 Å². The second-order valence-electron chi connectivity index (χ2n) is 6.32. The van der Waals surface area contributed by atoms with Gasteiger partial charge in [-0.25, -0.2) is 14.6 Å². The molecule has 0 unspecified atom stereocenters. The van der Waals surface area contributed by atoms with Gasteiger partial charge in [-0.2, -0.15) is 5.10 Å². The molecular weight excluding hydrogens is 359 g/mol. The summed E-state index contributed by atoms with van der Waals surface area (Å²) in [5, 5.41) is 9.26. The van der Waals surface area contributed by atoms with Gasteiger partial charge in [0, 0.05) is 16.9 Å². The molecule has 0 fully saturated rings. The molecular formula is C18H16ClFN4O2. The predicted octanol–water partition coefficient (Wildman–Crippen LogP) is 3.98. The van der Waals surface area contributed by atoms with Gasteiger partial charge >= 0.3 is 6.03 Å². The maximum atomic E-state index is 13.2. The smallest absolute Gasteiger partial charge is 0.308 e. The predicted molar refractivity (Wildman–Crippen MR) is 99.0 cm³/mol. The lowest BCUT2D eigenvalue weighted by Crippen LogP contribution is -2.32. The molecule has 0 saturated carbocycles. The highest BCUT2D eigenvalue weighted by molar-refractivity contribution is 6.31. The van der Waals surface area contributed by atoms with E-state index in [0.29, 0.717) is 17.1 Å². The second kappa shape index (κ2) is 6.76. The van der Waals surface area contributed by atoms with Gasteiger partial charge in [0.2, 0.25) is 0 Å². The number of benzene rings is 2. The minimum absolute atomic E-state index is 0.0801. The quantitative estimate of drug-likeness (QED) is 0.759. The van der Waals surface area contributed by atoms with Crippen molar-refractivity contribution < 1.29 is 14.0 Å². The zero-order chi connectivity index (χ0) is 18.9. The number of halogens is 2. The standard InChI is InChI=1S/C18H16ClFN4O2/c1-18(2)15(23-24-16(18)25)10-4-3-5-11(8-10)21-17(26)22-12-6-7-14(20)13(19)9-12/h3-9H,1-2H3,(H,24,25)(H2,21,22,26). The molecule has 1 aliphatic rings. The third-order valence-electron chi connectivity index (χ3n) is 4.00. The number of carbonyl (C=O) groups excluding carboxylic acids is 2. The van der Waals surface area contributed by atoms with E-state index in [1.165, 1.54) is 18.2 Å². The minimum atomic E-state index is -0.758. The summed E-state index contributed by atoms with van der Waals surface area (Å²) >= 11 is 5.70. The zero-order valence-electron chi connectivity index (χ0n) is 14.1. The molecule has 3 N–H and O–H groups in total. The van der Waals surface area contributed by atoms with Crippen molar-refractivity contribution in [3.8, 4) is 0 Å². The Morgan fingerprint density at radius 1 is 1.15 bits per heavy atom. The van der Waals surface area contributed by atoms with Gasteiger partial charge in [0.25, 0.3) is 5.91 Å². The number of hydrogen-bond acceptors (Lipinski definition) is 3. The molecule has 1 aliphatic heterocycles. The molecule has 3 amide bonds. The molecule has 26 heavy (non-hydrogen) atoms. The van der Waals surface area contributed by atoms with Gasteiger partial charge in [-0.05, 0) is 44.2 Å². The number of hydrazone groups is 1. The van der Waals surface area contributed by atoms with Crippen molar-refractivity contribution in [3.63, 3.8) is 0 Å². The summed E-state index contributed by atoms with van der Waals surface area (Å²) in [6.45, 7) is 3.55. The summed E-state index contributed by atoms with van der Waals surface area (Å²) in [6.07, 6.45) is 0. The first-order valence-electron chi connectivity index (χ1n) is 7.79. The fourth-order valence-electron chi connectivity index (χ4n) is 2.53.